The fourth-order valence-electron chi connectivity index (χ4n) is 2.16. The highest BCUT2D eigenvalue weighted by Crippen LogP contribution is 2.22. The number of thiazole rings is 1. The Kier molecular flexibility index (Phi) is 3.87. The molecule has 7 heteroatoms. The maximum Gasteiger partial charge on any atom is 0.276 e. The van der Waals surface area contributed by atoms with E-state index in [9.17, 15) is 9.59 Å². The van der Waals surface area contributed by atoms with Gasteiger partial charge in [-0.1, -0.05) is 29.5 Å². The number of anilines is 1. The van der Waals surface area contributed by atoms with Gasteiger partial charge in [0.25, 0.3) is 11.5 Å². The highest BCUT2D eigenvalue weighted by atomic mass is 32.1. The first-order valence-corrected chi connectivity index (χ1v) is 7.91. The number of nitrogens with zero attached hydrogens (tertiary/aromatic N) is 2. The third kappa shape index (κ3) is 2.83. The first-order valence-electron chi connectivity index (χ1n) is 7.10. The Labute approximate surface area is 136 Å². The number of rotatable bonds is 3. The fraction of sp³-hybridized carbons (Fsp3) is 0.188. The minimum Gasteiger partial charge on any atom is -0.321 e. The van der Waals surface area contributed by atoms with E-state index < -0.39 is 0 Å². The van der Waals surface area contributed by atoms with Gasteiger partial charge in [0.2, 0.25) is 5.13 Å². The van der Waals surface area contributed by atoms with Crippen LogP contribution in [0.5, 0.6) is 0 Å². The van der Waals surface area contributed by atoms with E-state index >= 15 is 0 Å². The molecule has 0 aliphatic rings. The van der Waals surface area contributed by atoms with Crippen molar-refractivity contribution < 1.29 is 4.79 Å². The van der Waals surface area contributed by atoms with Crippen LogP contribution in [0.4, 0.5) is 5.69 Å². The minimum absolute atomic E-state index is 0.147. The number of H-pyrrole nitrogens is 1. The molecule has 0 saturated carbocycles. The number of aromatic amines is 1. The van der Waals surface area contributed by atoms with Gasteiger partial charge < -0.3 is 5.32 Å². The molecule has 0 fully saturated rings. The lowest BCUT2D eigenvalue weighted by Crippen LogP contribution is -2.15. The molecule has 0 aliphatic carbocycles. The summed E-state index contributed by atoms with van der Waals surface area (Å²) in [5.74, 6) is -0.231. The summed E-state index contributed by atoms with van der Waals surface area (Å²) in [5, 5.41) is 6.27. The van der Waals surface area contributed by atoms with E-state index in [2.05, 4.69) is 15.4 Å². The van der Waals surface area contributed by atoms with E-state index in [1.807, 2.05) is 37.3 Å². The molecular formula is C16H16N4O2S. The van der Waals surface area contributed by atoms with Crippen molar-refractivity contribution in [1.82, 2.24) is 14.8 Å². The van der Waals surface area contributed by atoms with Crippen molar-refractivity contribution in [3.05, 3.63) is 62.5 Å². The van der Waals surface area contributed by atoms with E-state index in [-0.39, 0.29) is 11.5 Å². The lowest BCUT2D eigenvalue weighted by Gasteiger charge is -2.02. The third-order valence-electron chi connectivity index (χ3n) is 3.58. The zero-order valence-corrected chi connectivity index (χ0v) is 13.8. The number of hydrogen-bond acceptors (Lipinski definition) is 4. The topological polar surface area (TPSA) is 79.8 Å². The summed E-state index contributed by atoms with van der Waals surface area (Å²) in [6, 6.07) is 9.22. The van der Waals surface area contributed by atoms with Gasteiger partial charge in [-0.3, -0.25) is 14.7 Å². The van der Waals surface area contributed by atoms with E-state index in [0.29, 0.717) is 21.3 Å². The Balaban J connectivity index is 1.93. The molecule has 0 unspecified atom stereocenters. The molecule has 2 aromatic heterocycles. The Morgan fingerprint density at radius 1 is 1.22 bits per heavy atom. The standard InChI is InChI=1S/C16H16N4O2S/c1-9-10(2)19-20(15(9)22)16-17-11(3)13(23-16)14(21)18-12-7-5-4-6-8-12/h4-8,19H,1-3H3,(H,18,21). The molecule has 6 nitrogen and oxygen atoms in total. The number of amides is 1. The number of carbonyl (C=O) groups excluding carboxylic acids is 1. The number of hydrogen-bond donors (Lipinski definition) is 2. The predicted molar refractivity (Wildman–Crippen MR) is 90.7 cm³/mol. The second-order valence-electron chi connectivity index (χ2n) is 5.23. The summed E-state index contributed by atoms with van der Waals surface area (Å²) >= 11 is 1.18. The molecule has 2 N–H and O–H groups in total. The molecule has 3 rings (SSSR count). The Bertz CT molecular complexity index is 921. The van der Waals surface area contributed by atoms with Crippen LogP contribution in [0.2, 0.25) is 0 Å². The van der Waals surface area contributed by atoms with Crippen molar-refractivity contribution in [1.29, 1.82) is 0 Å². The largest absolute Gasteiger partial charge is 0.321 e. The van der Waals surface area contributed by atoms with Crippen LogP contribution >= 0.6 is 11.3 Å². The third-order valence-corrected chi connectivity index (χ3v) is 4.72. The smallest absolute Gasteiger partial charge is 0.276 e. The Hall–Kier alpha value is -2.67. The number of aryl methyl sites for hydroxylation is 2. The van der Waals surface area contributed by atoms with Crippen LogP contribution in [0.15, 0.2) is 35.1 Å². The summed E-state index contributed by atoms with van der Waals surface area (Å²) in [4.78, 5) is 29.4. The van der Waals surface area contributed by atoms with Gasteiger partial charge >= 0.3 is 0 Å². The monoisotopic (exact) mass is 328 g/mol. The fourth-order valence-corrected chi connectivity index (χ4v) is 3.09. The van der Waals surface area contributed by atoms with Gasteiger partial charge in [-0.25, -0.2) is 4.98 Å². The summed E-state index contributed by atoms with van der Waals surface area (Å²) in [6.07, 6.45) is 0. The van der Waals surface area contributed by atoms with Gasteiger partial charge in [-0.2, -0.15) is 4.68 Å². The lowest BCUT2D eigenvalue weighted by atomic mass is 10.3. The van der Waals surface area contributed by atoms with Crippen LogP contribution in [0.25, 0.3) is 5.13 Å². The van der Waals surface area contributed by atoms with E-state index in [0.717, 1.165) is 11.4 Å². The average Bonchev–Trinajstić information content (AvgIpc) is 3.04. The van der Waals surface area contributed by atoms with Crippen LogP contribution in [0.3, 0.4) is 0 Å². The van der Waals surface area contributed by atoms with Gasteiger partial charge in [0.05, 0.1) is 5.69 Å². The molecular weight excluding hydrogens is 312 g/mol. The molecule has 0 radical (unpaired) electrons. The summed E-state index contributed by atoms with van der Waals surface area (Å²) in [7, 11) is 0. The highest BCUT2D eigenvalue weighted by molar-refractivity contribution is 7.16. The summed E-state index contributed by atoms with van der Waals surface area (Å²) in [5.41, 5.74) is 2.60. The zero-order chi connectivity index (χ0) is 16.6. The lowest BCUT2D eigenvalue weighted by molar-refractivity contribution is 0.103. The van der Waals surface area contributed by atoms with Crippen LogP contribution in [-0.2, 0) is 0 Å². The van der Waals surface area contributed by atoms with Crippen molar-refractivity contribution in [3.8, 4) is 5.13 Å². The molecule has 0 bridgehead atoms. The molecule has 0 spiro atoms. The van der Waals surface area contributed by atoms with Gasteiger partial charge in [0, 0.05) is 16.9 Å². The van der Waals surface area contributed by atoms with Crippen LogP contribution in [0.1, 0.15) is 26.6 Å². The van der Waals surface area contributed by atoms with Crippen molar-refractivity contribution in [2.24, 2.45) is 0 Å². The second kappa shape index (κ2) is 5.85. The second-order valence-corrected chi connectivity index (χ2v) is 6.21. The summed E-state index contributed by atoms with van der Waals surface area (Å²) < 4.78 is 1.38. The molecule has 0 atom stereocenters. The van der Waals surface area contributed by atoms with Crippen molar-refractivity contribution in [3.63, 3.8) is 0 Å². The van der Waals surface area contributed by atoms with Crippen molar-refractivity contribution in [2.45, 2.75) is 20.8 Å². The van der Waals surface area contributed by atoms with Gasteiger partial charge in [0.1, 0.15) is 4.88 Å². The van der Waals surface area contributed by atoms with E-state index in [1.165, 1.54) is 16.0 Å². The van der Waals surface area contributed by atoms with E-state index in [4.69, 9.17) is 0 Å². The summed E-state index contributed by atoms with van der Waals surface area (Å²) in [6.45, 7) is 5.35. The molecule has 0 aliphatic heterocycles. The normalized spacial score (nSPS) is 10.7. The maximum atomic E-state index is 12.4. The molecule has 118 valence electrons. The van der Waals surface area contributed by atoms with Gasteiger partial charge in [0.15, 0.2) is 0 Å². The van der Waals surface area contributed by atoms with Crippen LogP contribution in [0, 0.1) is 20.8 Å². The quantitative estimate of drug-likeness (QED) is 0.776. The molecule has 23 heavy (non-hydrogen) atoms. The van der Waals surface area contributed by atoms with Gasteiger partial charge in [-0.15, -0.1) is 0 Å². The van der Waals surface area contributed by atoms with Crippen molar-refractivity contribution >= 4 is 22.9 Å². The van der Waals surface area contributed by atoms with Crippen molar-refractivity contribution in [2.75, 3.05) is 5.32 Å². The Morgan fingerprint density at radius 2 is 1.91 bits per heavy atom. The Morgan fingerprint density at radius 3 is 2.52 bits per heavy atom. The molecule has 2 heterocycles. The number of nitrogens with one attached hydrogen (secondary N) is 2. The predicted octanol–water partition coefficient (Wildman–Crippen LogP) is 2.80. The number of para-hydroxylation sites is 1. The number of benzene rings is 1. The number of carbonyl (C=O) groups is 1. The maximum absolute atomic E-state index is 12.4. The molecule has 3 aromatic rings. The SMILES string of the molecule is Cc1nc(-n2[nH]c(C)c(C)c2=O)sc1C(=O)Nc1ccccc1. The van der Waals surface area contributed by atoms with Gasteiger partial charge in [-0.05, 0) is 32.9 Å². The number of aromatic nitrogens is 3. The van der Waals surface area contributed by atoms with E-state index in [1.54, 1.807) is 13.8 Å². The molecule has 0 saturated heterocycles. The minimum atomic E-state index is -0.231. The first kappa shape index (κ1) is 15.2. The highest BCUT2D eigenvalue weighted by Gasteiger charge is 2.18. The first-order chi connectivity index (χ1) is 11.0. The molecule has 1 aromatic carbocycles. The van der Waals surface area contributed by atoms with Crippen LogP contribution < -0.4 is 10.9 Å². The average molecular weight is 328 g/mol. The molecule has 1 amide bonds. The van der Waals surface area contributed by atoms with Crippen LogP contribution in [-0.4, -0.2) is 20.7 Å². The zero-order valence-electron chi connectivity index (χ0n) is 13.0.